The molecule has 0 radical (unpaired) electrons. The molecule has 2 aromatic carbocycles. The van der Waals surface area contributed by atoms with Gasteiger partial charge in [-0.05, 0) is 41.7 Å². The molecule has 0 bridgehead atoms. The first-order chi connectivity index (χ1) is 13.8. The molecule has 3 aromatic rings. The summed E-state index contributed by atoms with van der Waals surface area (Å²) in [5, 5.41) is 7.62. The van der Waals surface area contributed by atoms with E-state index < -0.39 is 0 Å². The number of rotatable bonds is 4. The van der Waals surface area contributed by atoms with E-state index in [9.17, 15) is 4.79 Å². The Kier molecular flexibility index (Phi) is 7.53. The van der Waals surface area contributed by atoms with E-state index in [1.165, 1.54) is 21.4 Å². The highest BCUT2D eigenvalue weighted by Crippen LogP contribution is 2.38. The van der Waals surface area contributed by atoms with Gasteiger partial charge in [0.05, 0.1) is 21.1 Å². The van der Waals surface area contributed by atoms with Gasteiger partial charge in [-0.1, -0.05) is 42.5 Å². The van der Waals surface area contributed by atoms with Crippen molar-refractivity contribution in [2.45, 2.75) is 38.4 Å². The molecule has 1 aliphatic carbocycles. The molecule has 2 aliphatic rings. The number of hydrogen-bond donors (Lipinski definition) is 2. The molecule has 0 saturated carbocycles. The summed E-state index contributed by atoms with van der Waals surface area (Å²) in [4.78, 5) is 17.8. The highest BCUT2D eigenvalue weighted by Gasteiger charge is 2.32. The molecule has 1 aliphatic heterocycles. The number of nitrogens with one attached hydrogen (secondary N) is 2. The van der Waals surface area contributed by atoms with Gasteiger partial charge in [0.15, 0.2) is 0 Å². The van der Waals surface area contributed by atoms with Crippen LogP contribution in [-0.2, 0) is 24.4 Å². The van der Waals surface area contributed by atoms with Crippen molar-refractivity contribution in [1.82, 2.24) is 15.6 Å². The third-order valence-electron chi connectivity index (χ3n) is 5.77. The van der Waals surface area contributed by atoms with Crippen LogP contribution in [0.1, 0.15) is 40.5 Å². The molecule has 0 saturated heterocycles. The lowest BCUT2D eigenvalue weighted by Gasteiger charge is -2.26. The van der Waals surface area contributed by atoms with Crippen molar-refractivity contribution in [3.63, 3.8) is 0 Å². The fourth-order valence-corrected chi connectivity index (χ4v) is 5.35. The Morgan fingerprint density at radius 3 is 2.73 bits per heavy atom. The van der Waals surface area contributed by atoms with Crippen LogP contribution in [0.4, 0.5) is 0 Å². The number of fused-ring (bicyclic) bond motifs is 2. The zero-order valence-electron chi connectivity index (χ0n) is 16.5. The second-order valence-electron chi connectivity index (χ2n) is 7.60. The van der Waals surface area contributed by atoms with E-state index >= 15 is 0 Å². The van der Waals surface area contributed by atoms with E-state index in [2.05, 4.69) is 47.1 Å². The summed E-state index contributed by atoms with van der Waals surface area (Å²) in [6, 6.07) is 14.7. The zero-order chi connectivity index (χ0) is 18.9. The standard InChI is InChI=1S/C23H23N3OS.2ClH/c27-22(25-12-15-9-10-16-13-24-14-17(16)11-15)18-5-1-2-6-19(18)23-26-20-7-3-4-8-21(20)28-23;;/h1-4,7-11,18-19,24H,5-6,12-14H2,(H,25,27);2*1H. The Morgan fingerprint density at radius 1 is 1.07 bits per heavy atom. The molecule has 1 amide bonds. The van der Waals surface area contributed by atoms with E-state index in [1.807, 2.05) is 18.2 Å². The average molecular weight is 462 g/mol. The number of thiazole rings is 1. The average Bonchev–Trinajstić information content (AvgIpc) is 3.38. The molecular weight excluding hydrogens is 437 g/mol. The molecule has 0 spiro atoms. The lowest BCUT2D eigenvalue weighted by molar-refractivity contribution is -0.125. The third-order valence-corrected chi connectivity index (χ3v) is 6.93. The lowest BCUT2D eigenvalue weighted by atomic mass is 9.82. The first-order valence-electron chi connectivity index (χ1n) is 9.87. The molecule has 0 fully saturated rings. The second-order valence-corrected chi connectivity index (χ2v) is 8.66. The molecule has 2 N–H and O–H groups in total. The summed E-state index contributed by atoms with van der Waals surface area (Å²) in [6.45, 7) is 2.45. The van der Waals surface area contributed by atoms with Crippen molar-refractivity contribution in [2.75, 3.05) is 0 Å². The molecule has 4 nitrogen and oxygen atoms in total. The van der Waals surface area contributed by atoms with Crippen molar-refractivity contribution in [1.29, 1.82) is 0 Å². The van der Waals surface area contributed by atoms with Crippen molar-refractivity contribution < 1.29 is 4.79 Å². The van der Waals surface area contributed by atoms with Crippen LogP contribution >= 0.6 is 36.2 Å². The predicted octanol–water partition coefficient (Wildman–Crippen LogP) is 5.11. The van der Waals surface area contributed by atoms with E-state index in [-0.39, 0.29) is 42.6 Å². The lowest BCUT2D eigenvalue weighted by Crippen LogP contribution is -2.34. The van der Waals surface area contributed by atoms with E-state index in [4.69, 9.17) is 4.98 Å². The van der Waals surface area contributed by atoms with Gasteiger partial charge in [-0.25, -0.2) is 4.98 Å². The number of aromatic nitrogens is 1. The number of para-hydroxylation sites is 1. The number of hydrogen-bond acceptors (Lipinski definition) is 4. The van der Waals surface area contributed by atoms with Crippen molar-refractivity contribution in [3.8, 4) is 0 Å². The van der Waals surface area contributed by atoms with Crippen molar-refractivity contribution in [3.05, 3.63) is 76.3 Å². The Balaban J connectivity index is 0.00000128. The Bertz CT molecular complexity index is 1030. The van der Waals surface area contributed by atoms with Crippen LogP contribution in [0.25, 0.3) is 10.2 Å². The monoisotopic (exact) mass is 461 g/mol. The number of amides is 1. The number of nitrogens with zero attached hydrogens (tertiary/aromatic N) is 1. The van der Waals surface area contributed by atoms with Crippen molar-refractivity contribution in [2.24, 2.45) is 5.92 Å². The molecular formula is C23H25Cl2N3OS. The highest BCUT2D eigenvalue weighted by atomic mass is 35.5. The van der Waals surface area contributed by atoms with Crippen LogP contribution in [0.3, 0.4) is 0 Å². The van der Waals surface area contributed by atoms with Gasteiger partial charge >= 0.3 is 0 Å². The van der Waals surface area contributed by atoms with Gasteiger partial charge in [0, 0.05) is 25.6 Å². The molecule has 5 rings (SSSR count). The summed E-state index contributed by atoms with van der Waals surface area (Å²) < 4.78 is 1.19. The van der Waals surface area contributed by atoms with Crippen LogP contribution in [0.15, 0.2) is 54.6 Å². The summed E-state index contributed by atoms with van der Waals surface area (Å²) in [5.74, 6) is 0.237. The van der Waals surface area contributed by atoms with Gasteiger partial charge in [-0.2, -0.15) is 0 Å². The van der Waals surface area contributed by atoms with Crippen LogP contribution in [0.5, 0.6) is 0 Å². The smallest absolute Gasteiger partial charge is 0.224 e. The van der Waals surface area contributed by atoms with Gasteiger partial charge in [0.1, 0.15) is 0 Å². The minimum Gasteiger partial charge on any atom is -0.352 e. The summed E-state index contributed by atoms with van der Waals surface area (Å²) in [5.41, 5.74) is 4.91. The SMILES string of the molecule is Cl.Cl.O=C(NCc1ccc2c(c1)CNC2)C1CC=CCC1c1nc2ccccc2s1. The molecule has 2 unspecified atom stereocenters. The number of halogens is 2. The molecule has 2 heterocycles. The Morgan fingerprint density at radius 2 is 1.87 bits per heavy atom. The van der Waals surface area contributed by atoms with E-state index in [0.717, 1.165) is 36.5 Å². The maximum absolute atomic E-state index is 13.0. The van der Waals surface area contributed by atoms with Gasteiger partial charge < -0.3 is 10.6 Å². The van der Waals surface area contributed by atoms with Crippen LogP contribution in [-0.4, -0.2) is 10.9 Å². The molecule has 2 atom stereocenters. The number of carbonyl (C=O) groups excluding carboxylic acids is 1. The quantitative estimate of drug-likeness (QED) is 0.530. The fraction of sp³-hybridized carbons (Fsp3) is 0.304. The predicted molar refractivity (Wildman–Crippen MR) is 128 cm³/mol. The molecule has 1 aromatic heterocycles. The molecule has 158 valence electrons. The largest absolute Gasteiger partial charge is 0.352 e. The van der Waals surface area contributed by atoms with E-state index in [1.54, 1.807) is 11.3 Å². The fourth-order valence-electron chi connectivity index (χ4n) is 4.20. The third kappa shape index (κ3) is 4.54. The maximum Gasteiger partial charge on any atom is 0.224 e. The van der Waals surface area contributed by atoms with Gasteiger partial charge in [-0.3, -0.25) is 4.79 Å². The minimum absolute atomic E-state index is 0. The highest BCUT2D eigenvalue weighted by molar-refractivity contribution is 7.18. The minimum atomic E-state index is -0.0540. The zero-order valence-corrected chi connectivity index (χ0v) is 18.9. The summed E-state index contributed by atoms with van der Waals surface area (Å²) in [6.07, 6.45) is 5.98. The number of allylic oxidation sites excluding steroid dienone is 2. The summed E-state index contributed by atoms with van der Waals surface area (Å²) >= 11 is 1.72. The summed E-state index contributed by atoms with van der Waals surface area (Å²) in [7, 11) is 0. The first kappa shape index (κ1) is 22.8. The van der Waals surface area contributed by atoms with Gasteiger partial charge in [0.2, 0.25) is 5.91 Å². The van der Waals surface area contributed by atoms with Crippen LogP contribution < -0.4 is 10.6 Å². The topological polar surface area (TPSA) is 54.0 Å². The van der Waals surface area contributed by atoms with Gasteiger partial charge in [-0.15, -0.1) is 36.2 Å². The maximum atomic E-state index is 13.0. The Labute approximate surface area is 193 Å². The number of carbonyl (C=O) groups is 1. The first-order valence-corrected chi connectivity index (χ1v) is 10.7. The Hall–Kier alpha value is -1.92. The molecule has 30 heavy (non-hydrogen) atoms. The second kappa shape index (κ2) is 9.92. The van der Waals surface area contributed by atoms with Crippen LogP contribution in [0.2, 0.25) is 0 Å². The normalized spacial score (nSPS) is 19.6. The van der Waals surface area contributed by atoms with E-state index in [0.29, 0.717) is 6.54 Å². The molecule has 7 heteroatoms. The van der Waals surface area contributed by atoms with Crippen molar-refractivity contribution >= 4 is 52.3 Å². The van der Waals surface area contributed by atoms with Crippen LogP contribution in [0, 0.1) is 5.92 Å². The number of benzene rings is 2. The van der Waals surface area contributed by atoms with Gasteiger partial charge in [0.25, 0.3) is 0 Å².